The van der Waals surface area contributed by atoms with Crippen molar-refractivity contribution in [3.8, 4) is 5.75 Å². The number of hydrogen-bond acceptors (Lipinski definition) is 3. The lowest BCUT2D eigenvalue weighted by Crippen LogP contribution is -2.47. The van der Waals surface area contributed by atoms with Gasteiger partial charge in [-0.05, 0) is 74.5 Å². The molecule has 2 atom stereocenters. The quantitative estimate of drug-likeness (QED) is 0.667. The van der Waals surface area contributed by atoms with Crippen LogP contribution in [0, 0.1) is 5.92 Å². The zero-order valence-corrected chi connectivity index (χ0v) is 14.3. The minimum atomic E-state index is -0.147. The summed E-state index contributed by atoms with van der Waals surface area (Å²) in [6.45, 7) is 2.33. The van der Waals surface area contributed by atoms with Gasteiger partial charge in [-0.1, -0.05) is 13.3 Å². The standard InChI is InChI=1S/C21H24O3/c1-13-5-2-3-9-21(13)10-8-14-11-17-15-6-4-7-16(15)20(22)23-19(17)12-18(14)24-21/h11-13H,2-10H2,1H3/t13-,21-/m1/s1. The van der Waals surface area contributed by atoms with Crippen molar-refractivity contribution in [2.45, 2.75) is 70.3 Å². The predicted octanol–water partition coefficient (Wildman–Crippen LogP) is 4.56. The van der Waals surface area contributed by atoms with E-state index in [1.165, 1.54) is 30.4 Å². The van der Waals surface area contributed by atoms with Gasteiger partial charge in [-0.15, -0.1) is 0 Å². The van der Waals surface area contributed by atoms with Crippen molar-refractivity contribution in [2.75, 3.05) is 0 Å². The van der Waals surface area contributed by atoms with Crippen LogP contribution in [0.1, 0.15) is 62.1 Å². The van der Waals surface area contributed by atoms with Gasteiger partial charge >= 0.3 is 5.63 Å². The molecule has 24 heavy (non-hydrogen) atoms. The summed E-state index contributed by atoms with van der Waals surface area (Å²) < 4.78 is 12.2. The molecule has 1 aromatic heterocycles. The molecule has 2 heterocycles. The fourth-order valence-corrected chi connectivity index (χ4v) is 5.17. The predicted molar refractivity (Wildman–Crippen MR) is 93.8 cm³/mol. The van der Waals surface area contributed by atoms with Crippen LogP contribution in [-0.4, -0.2) is 5.60 Å². The fourth-order valence-electron chi connectivity index (χ4n) is 5.17. The van der Waals surface area contributed by atoms with Crippen molar-refractivity contribution < 1.29 is 9.15 Å². The van der Waals surface area contributed by atoms with Crippen LogP contribution < -0.4 is 10.4 Å². The van der Waals surface area contributed by atoms with Crippen LogP contribution in [0.15, 0.2) is 21.3 Å². The summed E-state index contributed by atoms with van der Waals surface area (Å²) >= 11 is 0. The minimum absolute atomic E-state index is 0.00402. The lowest BCUT2D eigenvalue weighted by atomic mass is 9.72. The second-order valence-corrected chi connectivity index (χ2v) is 7.97. The third kappa shape index (κ3) is 2.00. The highest BCUT2D eigenvalue weighted by atomic mass is 16.5. The molecule has 3 nitrogen and oxygen atoms in total. The average Bonchev–Trinajstić information content (AvgIpc) is 3.07. The lowest BCUT2D eigenvalue weighted by Gasteiger charge is -2.46. The molecule has 1 spiro atoms. The van der Waals surface area contributed by atoms with E-state index in [0.717, 1.165) is 55.2 Å². The van der Waals surface area contributed by atoms with E-state index < -0.39 is 0 Å². The Hall–Kier alpha value is -1.77. The van der Waals surface area contributed by atoms with Gasteiger partial charge in [-0.2, -0.15) is 0 Å². The van der Waals surface area contributed by atoms with Crippen molar-refractivity contribution in [2.24, 2.45) is 5.92 Å². The summed E-state index contributed by atoms with van der Waals surface area (Å²) in [5.74, 6) is 1.55. The molecule has 0 bridgehead atoms. The summed E-state index contributed by atoms with van der Waals surface area (Å²) in [5.41, 5.74) is 3.96. The van der Waals surface area contributed by atoms with Crippen LogP contribution in [-0.2, 0) is 19.3 Å². The molecule has 1 aliphatic heterocycles. The zero-order chi connectivity index (χ0) is 16.3. The van der Waals surface area contributed by atoms with E-state index in [-0.39, 0.29) is 11.2 Å². The van der Waals surface area contributed by atoms with Gasteiger partial charge in [0.05, 0.1) is 0 Å². The Bertz CT molecular complexity index is 879. The largest absolute Gasteiger partial charge is 0.487 e. The fraction of sp³-hybridized carbons (Fsp3) is 0.571. The molecule has 3 aliphatic rings. The molecule has 1 aromatic carbocycles. The Morgan fingerprint density at radius 1 is 1.04 bits per heavy atom. The normalized spacial score (nSPS) is 28.6. The van der Waals surface area contributed by atoms with E-state index in [4.69, 9.17) is 9.15 Å². The second kappa shape index (κ2) is 5.11. The number of aryl methyl sites for hydroxylation is 2. The van der Waals surface area contributed by atoms with Crippen LogP contribution in [0.2, 0.25) is 0 Å². The topological polar surface area (TPSA) is 39.4 Å². The van der Waals surface area contributed by atoms with Crippen LogP contribution in [0.4, 0.5) is 0 Å². The zero-order valence-electron chi connectivity index (χ0n) is 14.3. The van der Waals surface area contributed by atoms with E-state index >= 15 is 0 Å². The van der Waals surface area contributed by atoms with Crippen LogP contribution in [0.25, 0.3) is 11.0 Å². The van der Waals surface area contributed by atoms with Crippen molar-refractivity contribution in [1.82, 2.24) is 0 Å². The second-order valence-electron chi connectivity index (χ2n) is 7.97. The van der Waals surface area contributed by atoms with Gasteiger partial charge in [0.25, 0.3) is 0 Å². The molecule has 0 saturated heterocycles. The van der Waals surface area contributed by atoms with E-state index in [9.17, 15) is 4.79 Å². The monoisotopic (exact) mass is 324 g/mol. The molecule has 3 heteroatoms. The summed E-state index contributed by atoms with van der Waals surface area (Å²) in [4.78, 5) is 12.2. The van der Waals surface area contributed by atoms with Crippen molar-refractivity contribution in [3.63, 3.8) is 0 Å². The van der Waals surface area contributed by atoms with Crippen LogP contribution >= 0.6 is 0 Å². The molecule has 0 unspecified atom stereocenters. The Kier molecular flexibility index (Phi) is 3.10. The third-order valence-electron chi connectivity index (χ3n) is 6.67. The molecular formula is C21H24O3. The highest BCUT2D eigenvalue weighted by molar-refractivity contribution is 5.84. The van der Waals surface area contributed by atoms with Gasteiger partial charge in [0.15, 0.2) is 0 Å². The smallest absolute Gasteiger partial charge is 0.339 e. The molecule has 126 valence electrons. The molecule has 1 fully saturated rings. The van der Waals surface area contributed by atoms with Crippen molar-refractivity contribution >= 4 is 11.0 Å². The van der Waals surface area contributed by atoms with Crippen LogP contribution in [0.3, 0.4) is 0 Å². The molecule has 0 N–H and O–H groups in total. The first-order valence-electron chi connectivity index (χ1n) is 9.47. The van der Waals surface area contributed by atoms with Gasteiger partial charge in [-0.3, -0.25) is 0 Å². The summed E-state index contributed by atoms with van der Waals surface area (Å²) in [6, 6.07) is 4.23. The number of rotatable bonds is 0. The highest BCUT2D eigenvalue weighted by Gasteiger charge is 2.43. The van der Waals surface area contributed by atoms with Crippen molar-refractivity contribution in [3.05, 3.63) is 39.2 Å². The molecule has 0 radical (unpaired) electrons. The first-order valence-corrected chi connectivity index (χ1v) is 9.47. The molecule has 0 amide bonds. The maximum Gasteiger partial charge on any atom is 0.339 e. The molecular weight excluding hydrogens is 300 g/mol. The van der Waals surface area contributed by atoms with Gasteiger partial charge in [-0.25, -0.2) is 4.79 Å². The first kappa shape index (κ1) is 14.6. The maximum atomic E-state index is 12.2. The van der Waals surface area contributed by atoms with E-state index in [0.29, 0.717) is 11.5 Å². The highest BCUT2D eigenvalue weighted by Crippen LogP contribution is 2.46. The molecule has 2 aromatic rings. The Morgan fingerprint density at radius 2 is 1.92 bits per heavy atom. The van der Waals surface area contributed by atoms with Gasteiger partial charge in [0, 0.05) is 17.0 Å². The van der Waals surface area contributed by atoms with E-state index in [1.54, 1.807) is 0 Å². The van der Waals surface area contributed by atoms with Crippen molar-refractivity contribution in [1.29, 1.82) is 0 Å². The SMILES string of the molecule is C[C@@H]1CCCC[C@@]12CCc1cc3c4c(c(=O)oc3cc1O2)CCC4. The third-order valence-corrected chi connectivity index (χ3v) is 6.67. The number of ether oxygens (including phenoxy) is 1. The van der Waals surface area contributed by atoms with Gasteiger partial charge < -0.3 is 9.15 Å². The Labute approximate surface area is 142 Å². The average molecular weight is 324 g/mol. The molecule has 5 rings (SSSR count). The van der Waals surface area contributed by atoms with Gasteiger partial charge in [0.2, 0.25) is 0 Å². The Balaban J connectivity index is 1.64. The van der Waals surface area contributed by atoms with E-state index in [2.05, 4.69) is 13.0 Å². The van der Waals surface area contributed by atoms with Gasteiger partial charge in [0.1, 0.15) is 16.9 Å². The number of hydrogen-bond donors (Lipinski definition) is 0. The summed E-state index contributed by atoms with van der Waals surface area (Å²) in [7, 11) is 0. The first-order chi connectivity index (χ1) is 11.7. The number of benzene rings is 1. The number of fused-ring (bicyclic) bond motifs is 4. The molecule has 1 saturated carbocycles. The minimum Gasteiger partial charge on any atom is -0.487 e. The maximum absolute atomic E-state index is 12.2. The molecule has 2 aliphatic carbocycles. The summed E-state index contributed by atoms with van der Waals surface area (Å²) in [6.07, 6.45) is 10.1. The van der Waals surface area contributed by atoms with E-state index in [1.807, 2.05) is 6.07 Å². The Morgan fingerprint density at radius 3 is 2.79 bits per heavy atom. The van der Waals surface area contributed by atoms with Crippen LogP contribution in [0.5, 0.6) is 5.75 Å². The lowest BCUT2D eigenvalue weighted by molar-refractivity contribution is -0.0331. The summed E-state index contributed by atoms with van der Waals surface area (Å²) in [5, 5.41) is 1.14.